The van der Waals surface area contributed by atoms with Gasteiger partial charge in [-0.15, -0.1) is 0 Å². The summed E-state index contributed by atoms with van der Waals surface area (Å²) in [5.74, 6) is 1.21. The normalized spacial score (nSPS) is 17.0. The van der Waals surface area contributed by atoms with Gasteiger partial charge in [0, 0.05) is 41.0 Å². The van der Waals surface area contributed by atoms with Crippen LogP contribution in [0.15, 0.2) is 41.0 Å². The number of halogens is 1. The van der Waals surface area contributed by atoms with Gasteiger partial charge in [-0.2, -0.15) is 0 Å². The molecular weight excluding hydrogens is 604 g/mol. The summed E-state index contributed by atoms with van der Waals surface area (Å²) in [5, 5.41) is 15.6. The number of benzene rings is 1. The second-order valence-corrected chi connectivity index (χ2v) is 12.5. The molecule has 4 heterocycles. The van der Waals surface area contributed by atoms with Crippen molar-refractivity contribution >= 4 is 32.9 Å². The number of nitrogens with zero attached hydrogens (tertiary/aromatic N) is 4. The van der Waals surface area contributed by atoms with Crippen molar-refractivity contribution < 1.29 is 28.8 Å². The van der Waals surface area contributed by atoms with Gasteiger partial charge >= 0.3 is 6.09 Å². The molecule has 2 aliphatic heterocycles. The lowest BCUT2D eigenvalue weighted by Gasteiger charge is -2.43. The number of carbonyl (C=O) groups excluding carboxylic acids is 1. The van der Waals surface area contributed by atoms with Crippen molar-refractivity contribution in [3.8, 4) is 17.4 Å². The predicted octanol–water partition coefficient (Wildman–Crippen LogP) is 6.02. The minimum Gasteiger partial charge on any atom is -0.486 e. The number of piperidine rings is 1. The number of pyridine rings is 2. The number of aromatic nitrogens is 2. The smallest absolute Gasteiger partial charge is 0.425 e. The Kier molecular flexibility index (Phi) is 9.39. The third kappa shape index (κ3) is 6.74. The van der Waals surface area contributed by atoms with Gasteiger partial charge in [0.2, 0.25) is 5.88 Å². The summed E-state index contributed by atoms with van der Waals surface area (Å²) < 4.78 is 23.9. The van der Waals surface area contributed by atoms with Crippen molar-refractivity contribution in [2.24, 2.45) is 0 Å². The first kappa shape index (κ1) is 30.3. The maximum absolute atomic E-state index is 14.0. The lowest BCUT2D eigenvalue weighted by molar-refractivity contribution is -0.0860. The van der Waals surface area contributed by atoms with Crippen LogP contribution in [0.5, 0.6) is 17.4 Å². The van der Waals surface area contributed by atoms with Gasteiger partial charge in [0.25, 0.3) is 0 Å². The van der Waals surface area contributed by atoms with Crippen LogP contribution >= 0.6 is 15.9 Å². The molecule has 1 fully saturated rings. The molecule has 0 radical (unpaired) electrons. The molecule has 226 valence electrons. The molecule has 42 heavy (non-hydrogen) atoms. The van der Waals surface area contributed by atoms with E-state index in [1.807, 2.05) is 51.1 Å². The standard InChI is InChI=1S/C31H39BrN4O6/c1-31(2,3)42-30(38)36(35-12-6-5-7-13-35)24(23-17-25-26(18-33-23)41-15-14-40-25)16-21(19-37)28-22(32)10-8-20-9-11-27(39-4)34-29(20)28/h8-11,17-18,21,24,37H,5-7,12-16,19H2,1-4H3. The summed E-state index contributed by atoms with van der Waals surface area (Å²) in [6, 6.07) is 8.96. The molecular formula is C31H39BrN4O6. The first-order valence-corrected chi connectivity index (χ1v) is 15.2. The van der Waals surface area contributed by atoms with E-state index in [0.717, 1.165) is 40.2 Å². The maximum atomic E-state index is 14.0. The number of aliphatic hydroxyl groups excluding tert-OH is 1. The molecule has 0 bridgehead atoms. The van der Waals surface area contributed by atoms with Crippen molar-refractivity contribution in [3.05, 3.63) is 52.3 Å². The van der Waals surface area contributed by atoms with E-state index in [0.29, 0.717) is 55.8 Å². The Morgan fingerprint density at radius 1 is 1.12 bits per heavy atom. The average Bonchev–Trinajstić information content (AvgIpc) is 2.98. The highest BCUT2D eigenvalue weighted by atomic mass is 79.9. The van der Waals surface area contributed by atoms with Crippen LogP contribution < -0.4 is 14.2 Å². The zero-order chi connectivity index (χ0) is 29.9. The van der Waals surface area contributed by atoms with Gasteiger partial charge in [0.15, 0.2) is 11.5 Å². The fourth-order valence-corrected chi connectivity index (χ4v) is 6.20. The number of hydrogen-bond donors (Lipinski definition) is 1. The van der Waals surface area contributed by atoms with Crippen molar-refractivity contribution in [2.75, 3.05) is 40.0 Å². The van der Waals surface area contributed by atoms with Crippen LogP contribution in [0.2, 0.25) is 0 Å². The third-order valence-corrected chi connectivity index (χ3v) is 8.17. The highest BCUT2D eigenvalue weighted by molar-refractivity contribution is 9.10. The number of rotatable bonds is 8. The van der Waals surface area contributed by atoms with Crippen molar-refractivity contribution in [3.63, 3.8) is 0 Å². The minimum absolute atomic E-state index is 0.181. The molecule has 11 heteroatoms. The van der Waals surface area contributed by atoms with Gasteiger partial charge < -0.3 is 24.1 Å². The van der Waals surface area contributed by atoms with Gasteiger partial charge in [-0.3, -0.25) is 4.98 Å². The second kappa shape index (κ2) is 13.0. The van der Waals surface area contributed by atoms with Crippen LogP contribution in [0.1, 0.15) is 69.7 Å². The van der Waals surface area contributed by atoms with Crippen molar-refractivity contribution in [2.45, 2.75) is 64.0 Å². The van der Waals surface area contributed by atoms with Gasteiger partial charge in [-0.05, 0) is 57.7 Å². The van der Waals surface area contributed by atoms with E-state index >= 15 is 0 Å². The Bertz CT molecular complexity index is 1410. The summed E-state index contributed by atoms with van der Waals surface area (Å²) in [7, 11) is 1.58. The molecule has 3 aromatic rings. The van der Waals surface area contributed by atoms with E-state index in [2.05, 4.69) is 20.9 Å². The molecule has 2 unspecified atom stereocenters. The second-order valence-electron chi connectivity index (χ2n) is 11.6. The van der Waals surface area contributed by atoms with E-state index in [9.17, 15) is 9.90 Å². The molecule has 5 rings (SSSR count). The maximum Gasteiger partial charge on any atom is 0.425 e. The molecule has 1 aromatic carbocycles. The van der Waals surface area contributed by atoms with Crippen LogP contribution in [0.25, 0.3) is 10.9 Å². The third-order valence-electron chi connectivity index (χ3n) is 7.47. The quantitative estimate of drug-likeness (QED) is 0.316. The van der Waals surface area contributed by atoms with Gasteiger partial charge in [-0.25, -0.2) is 19.8 Å². The lowest BCUT2D eigenvalue weighted by Crippen LogP contribution is -2.52. The SMILES string of the molecule is COc1ccc2ccc(Br)c(C(CO)CC(c3cc4c(cn3)OCCO4)N(C(=O)OC(C)(C)C)N3CCCCC3)c2n1. The molecule has 2 aliphatic rings. The molecule has 0 saturated carbocycles. The van der Waals surface area contributed by atoms with Crippen LogP contribution in [0.4, 0.5) is 4.79 Å². The lowest BCUT2D eigenvalue weighted by atomic mass is 9.89. The number of hydrogen-bond acceptors (Lipinski definition) is 9. The monoisotopic (exact) mass is 642 g/mol. The highest BCUT2D eigenvalue weighted by Gasteiger charge is 2.38. The Morgan fingerprint density at radius 2 is 1.83 bits per heavy atom. The minimum atomic E-state index is -0.703. The predicted molar refractivity (Wildman–Crippen MR) is 162 cm³/mol. The van der Waals surface area contributed by atoms with E-state index in [4.69, 9.17) is 28.9 Å². The largest absolute Gasteiger partial charge is 0.486 e. The van der Waals surface area contributed by atoms with Crippen LogP contribution in [0, 0.1) is 0 Å². The Balaban J connectivity index is 1.63. The number of carbonyl (C=O) groups is 1. The Hall–Kier alpha value is -3.15. The molecule has 10 nitrogen and oxygen atoms in total. The summed E-state index contributed by atoms with van der Waals surface area (Å²) in [6.07, 6.45) is 4.55. The van der Waals surface area contributed by atoms with E-state index < -0.39 is 23.7 Å². The zero-order valence-electron chi connectivity index (χ0n) is 24.6. The van der Waals surface area contributed by atoms with Gasteiger partial charge in [-0.1, -0.05) is 28.4 Å². The Morgan fingerprint density at radius 3 is 2.52 bits per heavy atom. The highest BCUT2D eigenvalue weighted by Crippen LogP contribution is 2.41. The summed E-state index contributed by atoms with van der Waals surface area (Å²) in [6.45, 7) is 7.70. The number of ether oxygens (including phenoxy) is 4. The molecule has 1 N–H and O–H groups in total. The molecule has 2 aromatic heterocycles. The molecule has 2 atom stereocenters. The van der Waals surface area contributed by atoms with Crippen LogP contribution in [-0.4, -0.2) is 76.8 Å². The molecule has 0 aliphatic carbocycles. The average molecular weight is 644 g/mol. The summed E-state index contributed by atoms with van der Waals surface area (Å²) in [5.41, 5.74) is 1.47. The summed E-state index contributed by atoms with van der Waals surface area (Å²) in [4.78, 5) is 23.5. The Labute approximate surface area is 255 Å². The van der Waals surface area contributed by atoms with Gasteiger partial charge in [0.05, 0.1) is 37.2 Å². The van der Waals surface area contributed by atoms with Crippen LogP contribution in [-0.2, 0) is 4.74 Å². The van der Waals surface area contributed by atoms with Gasteiger partial charge in [0.1, 0.15) is 18.8 Å². The number of aliphatic hydroxyl groups is 1. The first-order chi connectivity index (χ1) is 20.2. The fourth-order valence-electron chi connectivity index (χ4n) is 5.56. The topological polar surface area (TPSA) is 106 Å². The zero-order valence-corrected chi connectivity index (χ0v) is 26.2. The fraction of sp³-hybridized carbons (Fsp3) is 0.516. The molecule has 0 spiro atoms. The number of amides is 1. The number of methoxy groups -OCH3 is 1. The molecule has 1 amide bonds. The van der Waals surface area contributed by atoms with Crippen molar-refractivity contribution in [1.29, 1.82) is 0 Å². The van der Waals surface area contributed by atoms with E-state index in [-0.39, 0.29) is 6.61 Å². The van der Waals surface area contributed by atoms with Crippen molar-refractivity contribution in [1.82, 2.24) is 20.0 Å². The van der Waals surface area contributed by atoms with E-state index in [1.165, 1.54) is 0 Å². The molecule has 1 saturated heterocycles. The van der Waals surface area contributed by atoms with E-state index in [1.54, 1.807) is 18.3 Å². The first-order valence-electron chi connectivity index (χ1n) is 14.4. The number of hydrazine groups is 1. The van der Waals surface area contributed by atoms with Crippen LogP contribution in [0.3, 0.4) is 0 Å². The summed E-state index contributed by atoms with van der Waals surface area (Å²) >= 11 is 3.72. The number of fused-ring (bicyclic) bond motifs is 2.